The summed E-state index contributed by atoms with van der Waals surface area (Å²) in [4.78, 5) is 19.3. The van der Waals surface area contributed by atoms with Crippen molar-refractivity contribution in [2.75, 3.05) is 25.1 Å². The van der Waals surface area contributed by atoms with Crippen LogP contribution >= 0.6 is 0 Å². The molecule has 0 bridgehead atoms. The Morgan fingerprint density at radius 1 is 1.34 bits per heavy atom. The number of allylic oxidation sites excluding steroid dienone is 4. The molecule has 1 spiro atoms. The van der Waals surface area contributed by atoms with Crippen LogP contribution in [0.25, 0.3) is 17.0 Å². The summed E-state index contributed by atoms with van der Waals surface area (Å²) in [5.41, 5.74) is 2.96. The van der Waals surface area contributed by atoms with Gasteiger partial charge in [-0.3, -0.25) is 4.79 Å². The lowest BCUT2D eigenvalue weighted by molar-refractivity contribution is -0.127. The van der Waals surface area contributed by atoms with E-state index in [0.29, 0.717) is 41.6 Å². The van der Waals surface area contributed by atoms with E-state index in [1.54, 1.807) is 23.1 Å². The number of fused-ring (bicyclic) bond motifs is 2. The largest absolute Gasteiger partial charge is 0.490 e. The molecule has 0 radical (unpaired) electrons. The summed E-state index contributed by atoms with van der Waals surface area (Å²) in [7, 11) is -3.15. The van der Waals surface area contributed by atoms with E-state index in [2.05, 4.69) is 29.2 Å². The first-order chi connectivity index (χ1) is 18.0. The Balaban J connectivity index is 1.42. The minimum atomic E-state index is -3.15. The summed E-state index contributed by atoms with van der Waals surface area (Å²) >= 11 is 0. The lowest BCUT2D eigenvalue weighted by Crippen LogP contribution is -2.36. The van der Waals surface area contributed by atoms with Crippen LogP contribution in [0.3, 0.4) is 0 Å². The van der Waals surface area contributed by atoms with Gasteiger partial charge in [-0.15, -0.1) is 0 Å². The van der Waals surface area contributed by atoms with Crippen molar-refractivity contribution in [1.82, 2.24) is 15.0 Å². The molecule has 1 saturated carbocycles. The molecule has 5 rings (SSSR count). The predicted molar refractivity (Wildman–Crippen MR) is 142 cm³/mol. The Hall–Kier alpha value is -3.45. The average molecular weight is 537 g/mol. The summed E-state index contributed by atoms with van der Waals surface area (Å²) in [6.07, 6.45) is 7.44. The number of nitrogens with zero attached hydrogens (tertiary/aromatic N) is 4. The fraction of sp³-hybridized carbons (Fsp3) is 0.500. The van der Waals surface area contributed by atoms with E-state index in [0.717, 1.165) is 18.4 Å². The molecular weight excluding hydrogens is 504 g/mol. The number of carbonyl (C=O) groups is 1. The number of nitriles is 1. The zero-order chi connectivity index (χ0) is 27.2. The molecule has 2 aliphatic carbocycles. The second-order valence-electron chi connectivity index (χ2n) is 11.0. The van der Waals surface area contributed by atoms with Crippen LogP contribution in [0.15, 0.2) is 40.4 Å². The maximum atomic E-state index is 12.9. The Labute approximate surface area is 223 Å². The van der Waals surface area contributed by atoms with E-state index < -0.39 is 9.84 Å². The molecule has 1 amide bonds. The molecule has 200 valence electrons. The molecule has 3 aliphatic rings. The fourth-order valence-corrected chi connectivity index (χ4v) is 6.83. The summed E-state index contributed by atoms with van der Waals surface area (Å²) < 4.78 is 34.7. The van der Waals surface area contributed by atoms with Crippen LogP contribution in [0.4, 0.5) is 0 Å². The van der Waals surface area contributed by atoms with Gasteiger partial charge in [0.25, 0.3) is 5.89 Å². The average Bonchev–Trinajstić information content (AvgIpc) is 3.56. The maximum absolute atomic E-state index is 12.9. The second kappa shape index (κ2) is 9.70. The lowest BCUT2D eigenvalue weighted by atomic mass is 9.68. The number of rotatable bonds is 7. The van der Waals surface area contributed by atoms with Gasteiger partial charge in [0.05, 0.1) is 17.4 Å². The van der Waals surface area contributed by atoms with E-state index in [-0.39, 0.29) is 41.6 Å². The van der Waals surface area contributed by atoms with Crippen molar-refractivity contribution >= 4 is 21.3 Å². The van der Waals surface area contributed by atoms with E-state index in [1.165, 1.54) is 11.8 Å². The van der Waals surface area contributed by atoms with Gasteiger partial charge in [-0.25, -0.2) is 8.42 Å². The Morgan fingerprint density at radius 2 is 2.13 bits per heavy atom. The molecule has 38 heavy (non-hydrogen) atoms. The van der Waals surface area contributed by atoms with E-state index >= 15 is 0 Å². The number of hydrogen-bond acceptors (Lipinski definition) is 8. The topological polar surface area (TPSA) is 126 Å². The van der Waals surface area contributed by atoms with Gasteiger partial charge in [0, 0.05) is 42.3 Å². The number of benzene rings is 1. The molecular formula is C28H32N4O5S. The standard InChI is InChI=1S/C28H32N4O5S/c1-17(2)36-23-8-6-19(13-20(23)15-29)27-30-26(31-37-27)22-7-5-18(3)25-21(22)9-10-28(25)14-24(33)32(16-28)11-12-38(4,34)35/h5-8,13,17-18,25H,9-12,14,16H2,1-4H3/t18?,25?,28-/m0/s1. The van der Waals surface area contributed by atoms with Gasteiger partial charge in [0.15, 0.2) is 0 Å². The highest BCUT2D eigenvalue weighted by Gasteiger charge is 2.55. The number of carbonyl (C=O) groups excluding carboxylic acids is 1. The highest BCUT2D eigenvalue weighted by Crippen LogP contribution is 2.58. The third kappa shape index (κ3) is 4.87. The molecule has 2 aromatic rings. The monoisotopic (exact) mass is 536 g/mol. The van der Waals surface area contributed by atoms with Gasteiger partial charge in [-0.1, -0.05) is 29.8 Å². The molecule has 10 heteroatoms. The highest BCUT2D eigenvalue weighted by atomic mass is 32.2. The SMILES string of the molecule is CC(C)Oc1ccc(-c2nc(C3=C4CC[C@@]5(CC(=O)N(CCS(C)(=O)=O)C5)C4C(C)C=C3)no2)cc1C#N. The molecule has 2 unspecified atom stereocenters. The number of aromatic nitrogens is 2. The molecule has 1 aliphatic heterocycles. The summed E-state index contributed by atoms with van der Waals surface area (Å²) in [6, 6.07) is 7.40. The second-order valence-corrected chi connectivity index (χ2v) is 13.3. The first kappa shape index (κ1) is 26.2. The van der Waals surface area contributed by atoms with Gasteiger partial charge < -0.3 is 14.2 Å². The number of likely N-dealkylation sites (tertiary alicyclic amines) is 1. The molecule has 1 aromatic carbocycles. The number of hydrogen-bond donors (Lipinski definition) is 0. The van der Waals surface area contributed by atoms with Crippen molar-refractivity contribution in [2.45, 2.75) is 46.1 Å². The minimum Gasteiger partial charge on any atom is -0.490 e. The zero-order valence-electron chi connectivity index (χ0n) is 22.1. The van der Waals surface area contributed by atoms with E-state index in [1.807, 2.05) is 19.9 Å². The minimum absolute atomic E-state index is 0.0212. The number of amides is 1. The maximum Gasteiger partial charge on any atom is 0.258 e. The van der Waals surface area contributed by atoms with Crippen LogP contribution < -0.4 is 4.74 Å². The third-order valence-corrected chi connectivity index (χ3v) is 8.76. The highest BCUT2D eigenvalue weighted by molar-refractivity contribution is 7.90. The van der Waals surface area contributed by atoms with Gasteiger partial charge >= 0.3 is 0 Å². The number of ether oxygens (including phenoxy) is 1. The van der Waals surface area contributed by atoms with Crippen LogP contribution in [0.5, 0.6) is 5.75 Å². The number of sulfone groups is 1. The van der Waals surface area contributed by atoms with Crippen LogP contribution in [-0.2, 0) is 14.6 Å². The van der Waals surface area contributed by atoms with Crippen molar-refractivity contribution in [3.8, 4) is 23.3 Å². The normalized spacial score (nSPS) is 24.9. The molecule has 2 fully saturated rings. The van der Waals surface area contributed by atoms with Gasteiger partial charge in [0.1, 0.15) is 21.7 Å². The third-order valence-electron chi connectivity index (χ3n) is 7.84. The van der Waals surface area contributed by atoms with Crippen molar-refractivity contribution < 1.29 is 22.5 Å². The molecule has 2 heterocycles. The lowest BCUT2D eigenvalue weighted by Gasteiger charge is -2.36. The van der Waals surface area contributed by atoms with Crippen molar-refractivity contribution in [3.63, 3.8) is 0 Å². The van der Waals surface area contributed by atoms with Crippen molar-refractivity contribution in [2.24, 2.45) is 17.3 Å². The first-order valence-electron chi connectivity index (χ1n) is 12.9. The Bertz CT molecular complexity index is 1480. The van der Waals surface area contributed by atoms with Gasteiger partial charge in [0.2, 0.25) is 11.7 Å². The Kier molecular flexibility index (Phi) is 6.68. The van der Waals surface area contributed by atoms with Crippen molar-refractivity contribution in [3.05, 3.63) is 47.3 Å². The van der Waals surface area contributed by atoms with E-state index in [4.69, 9.17) is 9.26 Å². The van der Waals surface area contributed by atoms with Crippen LogP contribution in [-0.4, -0.2) is 60.6 Å². The summed E-state index contributed by atoms with van der Waals surface area (Å²) in [5, 5.41) is 13.9. The smallest absolute Gasteiger partial charge is 0.258 e. The quantitative estimate of drug-likeness (QED) is 0.519. The first-order valence-corrected chi connectivity index (χ1v) is 15.0. The summed E-state index contributed by atoms with van der Waals surface area (Å²) in [6.45, 7) is 6.78. The zero-order valence-corrected chi connectivity index (χ0v) is 22.9. The molecule has 0 N–H and O–H groups in total. The predicted octanol–water partition coefficient (Wildman–Crippen LogP) is 4.03. The molecule has 1 aromatic heterocycles. The van der Waals surface area contributed by atoms with Gasteiger partial charge in [-0.2, -0.15) is 10.2 Å². The Morgan fingerprint density at radius 3 is 2.84 bits per heavy atom. The van der Waals surface area contributed by atoms with Crippen LogP contribution in [0.1, 0.15) is 51.4 Å². The van der Waals surface area contributed by atoms with Crippen molar-refractivity contribution in [1.29, 1.82) is 5.26 Å². The van der Waals surface area contributed by atoms with E-state index in [9.17, 15) is 18.5 Å². The molecule has 1 saturated heterocycles. The van der Waals surface area contributed by atoms with Gasteiger partial charge in [-0.05, 0) is 56.7 Å². The van der Waals surface area contributed by atoms with Crippen LogP contribution in [0.2, 0.25) is 0 Å². The molecule has 3 atom stereocenters. The summed E-state index contributed by atoms with van der Waals surface area (Å²) in [5.74, 6) is 1.70. The molecule has 9 nitrogen and oxygen atoms in total. The fourth-order valence-electron chi connectivity index (χ4n) is 6.28. The van der Waals surface area contributed by atoms with Crippen LogP contribution in [0, 0.1) is 28.6 Å².